The van der Waals surface area contributed by atoms with Crippen LogP contribution >= 0.6 is 0 Å². The highest BCUT2D eigenvalue weighted by Gasteiger charge is 2.57. The fourth-order valence-electron chi connectivity index (χ4n) is 2.45. The molecule has 1 atom stereocenters. The Morgan fingerprint density at radius 2 is 1.81 bits per heavy atom. The number of ether oxygens (including phenoxy) is 2. The number of likely N-dealkylation sites (tertiary alicyclic amines) is 1. The van der Waals surface area contributed by atoms with Gasteiger partial charge in [0.1, 0.15) is 5.60 Å². The van der Waals surface area contributed by atoms with E-state index in [1.807, 2.05) is 0 Å². The summed E-state index contributed by atoms with van der Waals surface area (Å²) in [5, 5.41) is 0. The molecule has 5 nitrogen and oxygen atoms in total. The van der Waals surface area contributed by atoms with Crippen LogP contribution in [0.3, 0.4) is 0 Å². The summed E-state index contributed by atoms with van der Waals surface area (Å²) in [5.41, 5.74) is -2.89. The van der Waals surface area contributed by atoms with E-state index in [1.54, 1.807) is 20.8 Å². The zero-order valence-electron chi connectivity index (χ0n) is 12.5. The van der Waals surface area contributed by atoms with Crippen molar-refractivity contribution in [2.45, 2.75) is 57.3 Å². The Balaban J connectivity index is 3.10. The minimum Gasteiger partial charge on any atom is -0.467 e. The Kier molecular flexibility index (Phi) is 4.80. The van der Waals surface area contributed by atoms with Crippen molar-refractivity contribution in [2.24, 2.45) is 0 Å². The number of rotatable bonds is 2. The molecule has 0 N–H and O–H groups in total. The van der Waals surface area contributed by atoms with E-state index in [0.29, 0.717) is 0 Å². The largest absolute Gasteiger partial charge is 0.467 e. The average Bonchev–Trinajstić information content (AvgIpc) is 2.68. The van der Waals surface area contributed by atoms with Gasteiger partial charge in [-0.2, -0.15) is 13.2 Å². The third kappa shape index (κ3) is 4.25. The summed E-state index contributed by atoms with van der Waals surface area (Å²) in [6, 6.07) is 0. The van der Waals surface area contributed by atoms with Gasteiger partial charge in [0.25, 0.3) is 0 Å². The highest BCUT2D eigenvalue weighted by atomic mass is 19.4. The molecule has 0 radical (unpaired) electrons. The molecule has 122 valence electrons. The molecule has 1 saturated heterocycles. The molecule has 1 rings (SSSR count). The van der Waals surface area contributed by atoms with Crippen LogP contribution in [0.2, 0.25) is 0 Å². The first-order valence-electron chi connectivity index (χ1n) is 6.57. The van der Waals surface area contributed by atoms with Crippen LogP contribution in [0.4, 0.5) is 18.0 Å². The van der Waals surface area contributed by atoms with Crippen molar-refractivity contribution in [1.29, 1.82) is 0 Å². The van der Waals surface area contributed by atoms with Crippen molar-refractivity contribution in [2.75, 3.05) is 13.7 Å². The number of nitrogens with zero attached hydrogens (tertiary/aromatic N) is 1. The number of halogens is 3. The van der Waals surface area contributed by atoms with E-state index in [0.717, 1.165) is 12.0 Å². The molecule has 1 amide bonds. The first kappa shape index (κ1) is 17.6. The molecule has 0 bridgehead atoms. The summed E-state index contributed by atoms with van der Waals surface area (Å²) in [6.07, 6.45) is -6.79. The van der Waals surface area contributed by atoms with Crippen molar-refractivity contribution < 1.29 is 32.2 Å². The van der Waals surface area contributed by atoms with Crippen molar-refractivity contribution in [3.05, 3.63) is 0 Å². The monoisotopic (exact) mass is 311 g/mol. The van der Waals surface area contributed by atoms with E-state index in [9.17, 15) is 22.8 Å². The van der Waals surface area contributed by atoms with Gasteiger partial charge in [0, 0.05) is 6.54 Å². The van der Waals surface area contributed by atoms with Gasteiger partial charge in [0.2, 0.25) is 0 Å². The molecule has 1 fully saturated rings. The molecule has 1 aliphatic heterocycles. The molecule has 0 saturated carbocycles. The molecule has 8 heteroatoms. The normalized spacial score (nSPS) is 23.1. The number of esters is 1. The van der Waals surface area contributed by atoms with Crippen molar-refractivity contribution in [1.82, 2.24) is 4.90 Å². The number of hydrogen-bond acceptors (Lipinski definition) is 4. The highest BCUT2D eigenvalue weighted by Crippen LogP contribution is 2.40. The Bertz CT molecular complexity index is 417. The predicted molar refractivity (Wildman–Crippen MR) is 67.6 cm³/mol. The summed E-state index contributed by atoms with van der Waals surface area (Å²) in [4.78, 5) is 24.9. The number of alkyl halides is 3. The Morgan fingerprint density at radius 1 is 1.24 bits per heavy atom. The molecular formula is C13H20F3NO4. The van der Waals surface area contributed by atoms with Gasteiger partial charge in [0.05, 0.1) is 13.5 Å². The van der Waals surface area contributed by atoms with Gasteiger partial charge < -0.3 is 9.47 Å². The second-order valence-corrected chi connectivity index (χ2v) is 6.05. The lowest BCUT2D eigenvalue weighted by molar-refractivity contribution is -0.180. The number of amides is 1. The molecule has 0 spiro atoms. The third-order valence-electron chi connectivity index (χ3n) is 3.16. The molecular weight excluding hydrogens is 291 g/mol. The van der Waals surface area contributed by atoms with Gasteiger partial charge in [-0.25, -0.2) is 9.59 Å². The quantitative estimate of drug-likeness (QED) is 0.736. The second-order valence-electron chi connectivity index (χ2n) is 6.05. The summed E-state index contributed by atoms with van der Waals surface area (Å²) >= 11 is 0. The van der Waals surface area contributed by atoms with Crippen LogP contribution in [0.5, 0.6) is 0 Å². The lowest BCUT2D eigenvalue weighted by Gasteiger charge is -2.37. The molecule has 0 aliphatic carbocycles. The minimum absolute atomic E-state index is 0.0279. The fraction of sp³-hybridized carbons (Fsp3) is 0.846. The predicted octanol–water partition coefficient (Wildman–Crippen LogP) is 2.88. The lowest BCUT2D eigenvalue weighted by atomic mass is 9.91. The highest BCUT2D eigenvalue weighted by molar-refractivity contribution is 5.86. The van der Waals surface area contributed by atoms with Crippen LogP contribution in [0.25, 0.3) is 0 Å². The zero-order valence-corrected chi connectivity index (χ0v) is 12.5. The van der Waals surface area contributed by atoms with Crippen LogP contribution < -0.4 is 0 Å². The van der Waals surface area contributed by atoms with Gasteiger partial charge in [-0.15, -0.1) is 0 Å². The molecule has 21 heavy (non-hydrogen) atoms. The fourth-order valence-corrected chi connectivity index (χ4v) is 2.45. The van der Waals surface area contributed by atoms with Gasteiger partial charge in [-0.05, 0) is 33.6 Å². The number of carbonyl (C=O) groups excluding carboxylic acids is 2. The van der Waals surface area contributed by atoms with Crippen LogP contribution in [0.15, 0.2) is 0 Å². The van der Waals surface area contributed by atoms with E-state index in [1.165, 1.54) is 0 Å². The summed E-state index contributed by atoms with van der Waals surface area (Å²) in [6.45, 7) is 4.83. The van der Waals surface area contributed by atoms with E-state index in [-0.39, 0.29) is 19.4 Å². The lowest BCUT2D eigenvalue weighted by Crippen LogP contribution is -2.56. The standard InChI is InChI=1S/C13H20F3NO4/c1-11(2,3)21-10(19)17-7-5-6-12(17,9(18)20-4)8-13(14,15)16/h5-8H2,1-4H3. The maximum absolute atomic E-state index is 12.8. The molecule has 0 aromatic rings. The molecule has 1 unspecified atom stereocenters. The molecule has 1 aliphatic rings. The first-order valence-corrected chi connectivity index (χ1v) is 6.57. The Hall–Kier alpha value is -1.47. The third-order valence-corrected chi connectivity index (χ3v) is 3.16. The van der Waals surface area contributed by atoms with Gasteiger partial charge >= 0.3 is 18.2 Å². The SMILES string of the molecule is COC(=O)C1(CC(F)(F)F)CCCN1C(=O)OC(C)(C)C. The molecule has 1 heterocycles. The van der Waals surface area contributed by atoms with Crippen molar-refractivity contribution in [3.63, 3.8) is 0 Å². The van der Waals surface area contributed by atoms with E-state index in [4.69, 9.17) is 4.74 Å². The van der Waals surface area contributed by atoms with Crippen molar-refractivity contribution >= 4 is 12.1 Å². The first-order chi connectivity index (χ1) is 9.41. The van der Waals surface area contributed by atoms with Gasteiger partial charge in [-0.1, -0.05) is 0 Å². The smallest absolute Gasteiger partial charge is 0.411 e. The summed E-state index contributed by atoms with van der Waals surface area (Å²) in [7, 11) is 1.01. The van der Waals surface area contributed by atoms with Crippen molar-refractivity contribution in [3.8, 4) is 0 Å². The maximum atomic E-state index is 12.8. The topological polar surface area (TPSA) is 55.8 Å². The van der Waals surface area contributed by atoms with E-state index in [2.05, 4.69) is 4.74 Å². The minimum atomic E-state index is -4.60. The zero-order chi connectivity index (χ0) is 16.5. The van der Waals surface area contributed by atoms with Crippen LogP contribution in [-0.2, 0) is 14.3 Å². The van der Waals surface area contributed by atoms with Crippen LogP contribution in [-0.4, -0.2) is 47.9 Å². The number of hydrogen-bond donors (Lipinski definition) is 0. The maximum Gasteiger partial charge on any atom is 0.411 e. The number of methoxy groups -OCH3 is 1. The summed E-state index contributed by atoms with van der Waals surface area (Å²) < 4.78 is 48.1. The Labute approximate surface area is 121 Å². The molecule has 0 aromatic heterocycles. The van der Waals surface area contributed by atoms with E-state index >= 15 is 0 Å². The van der Waals surface area contributed by atoms with Gasteiger partial charge in [0.15, 0.2) is 5.54 Å². The second kappa shape index (κ2) is 5.73. The Morgan fingerprint density at radius 3 is 2.24 bits per heavy atom. The van der Waals surface area contributed by atoms with Crippen LogP contribution in [0.1, 0.15) is 40.0 Å². The number of carbonyl (C=O) groups is 2. The average molecular weight is 311 g/mol. The summed E-state index contributed by atoms with van der Waals surface area (Å²) in [5.74, 6) is -1.07. The molecule has 0 aromatic carbocycles. The van der Waals surface area contributed by atoms with E-state index < -0.39 is 35.8 Å². The van der Waals surface area contributed by atoms with Crippen LogP contribution in [0, 0.1) is 0 Å². The van der Waals surface area contributed by atoms with Gasteiger partial charge in [-0.3, -0.25) is 4.90 Å².